The smallest absolute Gasteiger partial charge is 0.362 e. The number of alkyl halides is 3. The van der Waals surface area contributed by atoms with Gasteiger partial charge in [-0.1, -0.05) is 12.6 Å². The van der Waals surface area contributed by atoms with Gasteiger partial charge in [0, 0.05) is 37.6 Å². The molecule has 5 nitrogen and oxygen atoms in total. The van der Waals surface area contributed by atoms with Crippen LogP contribution in [0.2, 0.25) is 0 Å². The third-order valence-electron chi connectivity index (χ3n) is 3.86. The van der Waals surface area contributed by atoms with Crippen molar-refractivity contribution in [1.29, 1.82) is 0 Å². The third kappa shape index (κ3) is 4.36. The first-order chi connectivity index (χ1) is 11.6. The van der Waals surface area contributed by atoms with E-state index in [9.17, 15) is 21.6 Å². The Hall–Kier alpha value is -1.52. The Morgan fingerprint density at radius 3 is 2.60 bits per heavy atom. The van der Waals surface area contributed by atoms with Crippen molar-refractivity contribution >= 4 is 28.7 Å². The van der Waals surface area contributed by atoms with Crippen LogP contribution >= 0.6 is 11.9 Å². The van der Waals surface area contributed by atoms with Gasteiger partial charge in [0.25, 0.3) is 0 Å². The summed E-state index contributed by atoms with van der Waals surface area (Å²) in [6, 6.07) is 3.38. The van der Waals surface area contributed by atoms with E-state index in [2.05, 4.69) is 17.7 Å². The van der Waals surface area contributed by atoms with Gasteiger partial charge in [-0.3, -0.25) is 0 Å². The maximum atomic E-state index is 12.8. The SMILES string of the molecule is C=NSC(=C)N1CCN(S(=O)(=O)c2cccc(C(F)(F)F)c2)C(C)C1. The Morgan fingerprint density at radius 1 is 1.36 bits per heavy atom. The number of benzene rings is 1. The van der Waals surface area contributed by atoms with Gasteiger partial charge in [-0.25, -0.2) is 12.8 Å². The first kappa shape index (κ1) is 19.8. The summed E-state index contributed by atoms with van der Waals surface area (Å²) in [6.45, 7) is 9.82. The van der Waals surface area contributed by atoms with Crippen LogP contribution in [-0.4, -0.2) is 50.0 Å². The summed E-state index contributed by atoms with van der Waals surface area (Å²) < 4.78 is 69.0. The van der Waals surface area contributed by atoms with Crippen LogP contribution in [-0.2, 0) is 16.2 Å². The molecule has 1 aromatic rings. The molecular formula is C15H18F3N3O2S2. The Morgan fingerprint density at radius 2 is 2.04 bits per heavy atom. The summed E-state index contributed by atoms with van der Waals surface area (Å²) in [4.78, 5) is 1.52. The minimum absolute atomic E-state index is 0.149. The van der Waals surface area contributed by atoms with Crippen LogP contribution in [0.1, 0.15) is 12.5 Å². The number of nitrogens with zero attached hydrogens (tertiary/aromatic N) is 3. The van der Waals surface area contributed by atoms with Crippen LogP contribution in [0, 0.1) is 0 Å². The lowest BCUT2D eigenvalue weighted by atomic mass is 10.2. The minimum Gasteiger partial charge on any atom is -0.362 e. The highest BCUT2D eigenvalue weighted by molar-refractivity contribution is 8.01. The molecule has 138 valence electrons. The maximum Gasteiger partial charge on any atom is 0.416 e. The lowest BCUT2D eigenvalue weighted by Crippen LogP contribution is -2.53. The molecule has 1 fully saturated rings. The molecule has 25 heavy (non-hydrogen) atoms. The van der Waals surface area contributed by atoms with Crippen molar-refractivity contribution in [3.63, 3.8) is 0 Å². The van der Waals surface area contributed by atoms with Gasteiger partial charge in [-0.05, 0) is 31.8 Å². The van der Waals surface area contributed by atoms with E-state index in [-0.39, 0.29) is 11.4 Å². The van der Waals surface area contributed by atoms with Crippen LogP contribution in [0.3, 0.4) is 0 Å². The van der Waals surface area contributed by atoms with Gasteiger partial charge in [-0.2, -0.15) is 17.5 Å². The van der Waals surface area contributed by atoms with Crippen molar-refractivity contribution in [3.05, 3.63) is 41.4 Å². The second-order valence-electron chi connectivity index (χ2n) is 5.55. The maximum absolute atomic E-state index is 12.8. The van der Waals surface area contributed by atoms with Crippen molar-refractivity contribution in [2.45, 2.75) is 24.0 Å². The van der Waals surface area contributed by atoms with Gasteiger partial charge in [-0.15, -0.1) is 0 Å². The first-order valence-electron chi connectivity index (χ1n) is 7.33. The second kappa shape index (κ2) is 7.38. The largest absolute Gasteiger partial charge is 0.416 e. The number of hydrogen-bond acceptors (Lipinski definition) is 5. The monoisotopic (exact) mass is 393 g/mol. The highest BCUT2D eigenvalue weighted by atomic mass is 32.2. The molecule has 10 heteroatoms. The topological polar surface area (TPSA) is 53.0 Å². The fourth-order valence-electron chi connectivity index (χ4n) is 2.63. The molecule has 0 aliphatic carbocycles. The molecule has 1 aliphatic heterocycles. The minimum atomic E-state index is -4.59. The molecule has 2 rings (SSSR count). The molecule has 0 N–H and O–H groups in total. The fourth-order valence-corrected chi connectivity index (χ4v) is 4.72. The summed E-state index contributed by atoms with van der Waals surface area (Å²) in [6.07, 6.45) is -4.59. The molecule has 1 saturated heterocycles. The average Bonchev–Trinajstić information content (AvgIpc) is 2.54. The average molecular weight is 393 g/mol. The van der Waals surface area contributed by atoms with E-state index >= 15 is 0 Å². The normalized spacial score (nSPS) is 19.7. The Labute approximate surface area is 149 Å². The zero-order valence-corrected chi connectivity index (χ0v) is 15.2. The van der Waals surface area contributed by atoms with E-state index in [4.69, 9.17) is 0 Å². The molecule has 0 amide bonds. The standard InChI is InChI=1S/C15H18F3N3O2S2/c1-11-10-20(12(2)24-19-3)7-8-21(11)25(22,23)14-6-4-5-13(9-14)15(16,17)18/h4-6,9,11H,2-3,7-8,10H2,1H3. The molecule has 0 bridgehead atoms. The third-order valence-corrected chi connectivity index (χ3v) is 6.46. The first-order valence-corrected chi connectivity index (χ1v) is 9.54. The van der Waals surface area contributed by atoms with Gasteiger partial charge in [0.05, 0.1) is 15.5 Å². The van der Waals surface area contributed by atoms with Crippen molar-refractivity contribution < 1.29 is 21.6 Å². The molecule has 1 heterocycles. The van der Waals surface area contributed by atoms with Crippen molar-refractivity contribution in [3.8, 4) is 0 Å². The van der Waals surface area contributed by atoms with Crippen LogP contribution in [0.25, 0.3) is 0 Å². The predicted octanol–water partition coefficient (Wildman–Crippen LogP) is 3.22. The van der Waals surface area contributed by atoms with E-state index in [1.165, 1.54) is 10.4 Å². The van der Waals surface area contributed by atoms with Crippen LogP contribution in [0.5, 0.6) is 0 Å². The summed E-state index contributed by atoms with van der Waals surface area (Å²) >= 11 is 1.10. The summed E-state index contributed by atoms with van der Waals surface area (Å²) in [5.41, 5.74) is -0.985. The van der Waals surface area contributed by atoms with Gasteiger partial charge in [0.2, 0.25) is 10.0 Å². The van der Waals surface area contributed by atoms with E-state index < -0.39 is 27.8 Å². The summed E-state index contributed by atoms with van der Waals surface area (Å²) in [5, 5.41) is 0.651. The lowest BCUT2D eigenvalue weighted by Gasteiger charge is -2.40. The summed E-state index contributed by atoms with van der Waals surface area (Å²) in [5.74, 6) is 0. The van der Waals surface area contributed by atoms with Crippen molar-refractivity contribution in [2.75, 3.05) is 19.6 Å². The molecular weight excluding hydrogens is 375 g/mol. The molecule has 0 spiro atoms. The number of halogens is 3. The van der Waals surface area contributed by atoms with E-state index in [0.29, 0.717) is 24.2 Å². The van der Waals surface area contributed by atoms with Gasteiger partial charge in [0.15, 0.2) is 0 Å². The Kier molecular flexibility index (Phi) is 5.85. The zero-order chi connectivity index (χ0) is 18.8. The van der Waals surface area contributed by atoms with Crippen molar-refractivity contribution in [1.82, 2.24) is 9.21 Å². The quantitative estimate of drug-likeness (QED) is 0.569. The summed E-state index contributed by atoms with van der Waals surface area (Å²) in [7, 11) is -4.02. The van der Waals surface area contributed by atoms with E-state index in [0.717, 1.165) is 24.1 Å². The number of hydrogen-bond donors (Lipinski definition) is 0. The van der Waals surface area contributed by atoms with E-state index in [1.54, 1.807) is 6.92 Å². The molecule has 1 aromatic carbocycles. The van der Waals surface area contributed by atoms with Crippen LogP contribution < -0.4 is 0 Å². The molecule has 1 aliphatic rings. The molecule has 0 aromatic heterocycles. The molecule has 0 radical (unpaired) electrons. The van der Waals surface area contributed by atoms with E-state index in [1.807, 2.05) is 4.90 Å². The van der Waals surface area contributed by atoms with Gasteiger partial charge in [0.1, 0.15) is 0 Å². The predicted molar refractivity (Wildman–Crippen MR) is 92.7 cm³/mol. The highest BCUT2D eigenvalue weighted by Crippen LogP contribution is 2.32. The lowest BCUT2D eigenvalue weighted by molar-refractivity contribution is -0.137. The number of sulfonamides is 1. The second-order valence-corrected chi connectivity index (χ2v) is 8.35. The number of piperazine rings is 1. The molecule has 1 unspecified atom stereocenters. The van der Waals surface area contributed by atoms with Crippen LogP contribution in [0.4, 0.5) is 13.2 Å². The van der Waals surface area contributed by atoms with Gasteiger partial charge < -0.3 is 4.90 Å². The number of rotatable bonds is 5. The Balaban J connectivity index is 2.24. The van der Waals surface area contributed by atoms with Gasteiger partial charge >= 0.3 is 6.18 Å². The van der Waals surface area contributed by atoms with Crippen molar-refractivity contribution in [2.24, 2.45) is 4.40 Å². The van der Waals surface area contributed by atoms with Crippen LogP contribution in [0.15, 0.2) is 45.2 Å². The zero-order valence-electron chi connectivity index (χ0n) is 13.5. The molecule has 1 atom stereocenters. The highest BCUT2D eigenvalue weighted by Gasteiger charge is 2.36. The fraction of sp³-hybridized carbons (Fsp3) is 0.400. The molecule has 0 saturated carbocycles. The Bertz CT molecular complexity index is 766.